The summed E-state index contributed by atoms with van der Waals surface area (Å²) in [4.78, 5) is 10.6. The summed E-state index contributed by atoms with van der Waals surface area (Å²) in [6.45, 7) is 0. The first-order valence-corrected chi connectivity index (χ1v) is 8.69. The zero-order valence-electron chi connectivity index (χ0n) is 8.85. The topological polar surface area (TPSA) is 17.1 Å². The van der Waals surface area contributed by atoms with Crippen molar-refractivity contribution in [2.45, 2.75) is 6.42 Å². The SMILES string of the molecule is O=[C]=[Ni][I].[c-]1cccc2c1Cc1ccccc1-2. The first-order valence-electron chi connectivity index (χ1n) is 5.01. The molecule has 17 heavy (non-hydrogen) atoms. The molecule has 89 valence electrons. The van der Waals surface area contributed by atoms with Crippen LogP contribution in [-0.4, -0.2) is 4.86 Å². The van der Waals surface area contributed by atoms with Crippen molar-refractivity contribution in [2.75, 3.05) is 0 Å². The predicted molar refractivity (Wildman–Crippen MR) is 73.2 cm³/mol. The maximum absolute atomic E-state index is 9.01. The van der Waals surface area contributed by atoms with Crippen LogP contribution in [0.3, 0.4) is 0 Å². The van der Waals surface area contributed by atoms with E-state index in [-0.39, 0.29) is 0 Å². The largest absolute Gasteiger partial charge is 0.179 e. The van der Waals surface area contributed by atoms with Crippen molar-refractivity contribution in [3.05, 3.63) is 59.7 Å². The van der Waals surface area contributed by atoms with Crippen LogP contribution in [0.5, 0.6) is 0 Å². The molecule has 0 fully saturated rings. The van der Waals surface area contributed by atoms with Crippen molar-refractivity contribution in [1.82, 2.24) is 0 Å². The molecule has 0 N–H and O–H groups in total. The Hall–Kier alpha value is -0.756. The van der Waals surface area contributed by atoms with Crippen molar-refractivity contribution < 1.29 is 15.6 Å². The Bertz CT molecular complexity index is 530. The van der Waals surface area contributed by atoms with Gasteiger partial charge in [-0.1, -0.05) is 35.4 Å². The maximum atomic E-state index is 9.01. The predicted octanol–water partition coefficient (Wildman–Crippen LogP) is 3.54. The molecule has 0 aromatic heterocycles. The molecule has 3 heteroatoms. The van der Waals surface area contributed by atoms with E-state index in [1.54, 1.807) is 4.86 Å². The second kappa shape index (κ2) is 6.25. The second-order valence-corrected chi connectivity index (χ2v) is 5.32. The van der Waals surface area contributed by atoms with Crippen LogP contribution in [0.4, 0.5) is 0 Å². The fourth-order valence-corrected chi connectivity index (χ4v) is 2.00. The third kappa shape index (κ3) is 2.92. The molecule has 2 aromatic carbocycles. The molecular weight excluding hydrogens is 370 g/mol. The zero-order valence-corrected chi connectivity index (χ0v) is 12.0. The number of hydrogen-bond acceptors (Lipinski definition) is 1. The molecule has 0 bridgehead atoms. The average molecular weight is 379 g/mol. The smallest absolute Gasteiger partial charge is 0.0253 e. The minimum atomic E-state index is 0.887. The van der Waals surface area contributed by atoms with Gasteiger partial charge >= 0.3 is 41.0 Å². The summed E-state index contributed by atoms with van der Waals surface area (Å²) < 4.78 is 0. The third-order valence-electron chi connectivity index (χ3n) is 2.64. The molecule has 0 spiro atoms. The monoisotopic (exact) mass is 378 g/mol. The summed E-state index contributed by atoms with van der Waals surface area (Å²) in [6, 6.07) is 18.1. The molecule has 1 aliphatic rings. The van der Waals surface area contributed by atoms with Gasteiger partial charge in [0.1, 0.15) is 0 Å². The number of fused-ring (bicyclic) bond motifs is 3. The second-order valence-electron chi connectivity index (χ2n) is 3.52. The Morgan fingerprint density at radius 1 is 1.18 bits per heavy atom. The summed E-state index contributed by atoms with van der Waals surface area (Å²) >= 11 is 1.87. The van der Waals surface area contributed by atoms with E-state index in [0.29, 0.717) is 0 Å². The summed E-state index contributed by atoms with van der Waals surface area (Å²) in [5, 5.41) is 0. The molecule has 0 saturated carbocycles. The van der Waals surface area contributed by atoms with E-state index in [2.05, 4.69) is 42.5 Å². The Morgan fingerprint density at radius 3 is 2.65 bits per heavy atom. The zero-order chi connectivity index (χ0) is 12.1. The van der Waals surface area contributed by atoms with Gasteiger partial charge in [-0.3, -0.25) is 0 Å². The van der Waals surface area contributed by atoms with Gasteiger partial charge in [0.2, 0.25) is 0 Å². The van der Waals surface area contributed by atoms with Crippen molar-refractivity contribution in [3.63, 3.8) is 0 Å². The van der Waals surface area contributed by atoms with Crippen LogP contribution in [-0.2, 0) is 22.0 Å². The van der Waals surface area contributed by atoms with E-state index in [1.165, 1.54) is 22.3 Å². The standard InChI is InChI=1S/C13H9.CO.HI.Ni/c1-3-7-12-10(5-1)9-11-6-2-4-8-13(11)12;1-2;;/h1-5,7-8H,9H2;;1H;/q-1;;;+1/p-1. The van der Waals surface area contributed by atoms with Crippen LogP contribution < -0.4 is 0 Å². The summed E-state index contributed by atoms with van der Waals surface area (Å²) in [5.41, 5.74) is 5.51. The number of halogens is 1. The van der Waals surface area contributed by atoms with Crippen LogP contribution in [0.15, 0.2) is 42.5 Å². The summed E-state index contributed by atoms with van der Waals surface area (Å²) in [7, 11) is 0.887. The van der Waals surface area contributed by atoms with Gasteiger partial charge in [0.25, 0.3) is 0 Å². The van der Waals surface area contributed by atoms with E-state index in [9.17, 15) is 0 Å². The fourth-order valence-electron chi connectivity index (χ4n) is 2.00. The number of benzene rings is 2. The van der Waals surface area contributed by atoms with Crippen LogP contribution in [0.1, 0.15) is 11.1 Å². The van der Waals surface area contributed by atoms with Crippen LogP contribution in [0.25, 0.3) is 11.1 Å². The molecule has 2 aromatic rings. The molecule has 0 saturated heterocycles. The molecule has 0 radical (unpaired) electrons. The van der Waals surface area contributed by atoms with E-state index in [1.807, 2.05) is 26.6 Å². The van der Waals surface area contributed by atoms with Gasteiger partial charge < -0.3 is 0 Å². The molecule has 3 rings (SSSR count). The molecule has 0 amide bonds. The van der Waals surface area contributed by atoms with Gasteiger partial charge in [-0.2, -0.15) is 29.8 Å². The normalized spacial score (nSPS) is 10.9. The van der Waals surface area contributed by atoms with Crippen molar-refractivity contribution >= 4 is 25.3 Å². The number of carbonyl (C=O) groups excluding carboxylic acids is 1. The minimum absolute atomic E-state index is 0.887. The van der Waals surface area contributed by atoms with Gasteiger partial charge in [-0.25, -0.2) is 0 Å². The third-order valence-corrected chi connectivity index (χ3v) is 3.29. The Kier molecular flexibility index (Phi) is 4.67. The van der Waals surface area contributed by atoms with E-state index in [0.717, 1.165) is 17.2 Å². The van der Waals surface area contributed by atoms with E-state index in [4.69, 9.17) is 4.79 Å². The van der Waals surface area contributed by atoms with E-state index >= 15 is 0 Å². The number of rotatable bonds is 0. The minimum Gasteiger partial charge on any atom is -0.179 e. The Balaban J connectivity index is 0.000000239. The fraction of sp³-hybridized carbons (Fsp3) is 0.0714. The first kappa shape index (κ1) is 12.7. The van der Waals surface area contributed by atoms with Crippen molar-refractivity contribution in [3.8, 4) is 11.1 Å². The van der Waals surface area contributed by atoms with Crippen LogP contribution in [0.2, 0.25) is 0 Å². The molecule has 0 atom stereocenters. The van der Waals surface area contributed by atoms with Gasteiger partial charge in [0.05, 0.1) is 0 Å². The molecule has 1 nitrogen and oxygen atoms in total. The Labute approximate surface area is 117 Å². The quantitative estimate of drug-likeness (QED) is 0.332. The van der Waals surface area contributed by atoms with E-state index < -0.39 is 0 Å². The summed E-state index contributed by atoms with van der Waals surface area (Å²) in [6.07, 6.45) is 1.05. The van der Waals surface area contributed by atoms with Gasteiger partial charge in [-0.15, -0.1) is 5.56 Å². The molecular formula is C14H9INiO-. The number of hydrogen-bond donors (Lipinski definition) is 0. The van der Waals surface area contributed by atoms with Gasteiger partial charge in [-0.05, 0) is 6.42 Å². The van der Waals surface area contributed by atoms with Gasteiger partial charge in [0, 0.05) is 0 Å². The molecule has 1 aliphatic carbocycles. The molecule has 0 heterocycles. The molecule has 0 aliphatic heterocycles. The molecule has 0 unspecified atom stereocenters. The summed E-state index contributed by atoms with van der Waals surface area (Å²) in [5.74, 6) is 0. The van der Waals surface area contributed by atoms with Crippen molar-refractivity contribution in [2.24, 2.45) is 0 Å². The maximum Gasteiger partial charge on any atom is -0.0253 e. The Morgan fingerprint density at radius 2 is 1.88 bits per heavy atom. The van der Waals surface area contributed by atoms with Crippen LogP contribution >= 0.6 is 20.5 Å². The van der Waals surface area contributed by atoms with Crippen molar-refractivity contribution in [1.29, 1.82) is 0 Å². The first-order chi connectivity index (χ1) is 8.36. The van der Waals surface area contributed by atoms with Gasteiger partial charge in [0.15, 0.2) is 0 Å². The van der Waals surface area contributed by atoms with Crippen LogP contribution in [0, 0.1) is 6.07 Å². The average Bonchev–Trinajstić information content (AvgIpc) is 2.77.